The van der Waals surface area contributed by atoms with E-state index in [-0.39, 0.29) is 5.91 Å². The van der Waals surface area contributed by atoms with E-state index >= 15 is 0 Å². The van der Waals surface area contributed by atoms with Crippen LogP contribution in [0.5, 0.6) is 0 Å². The molecule has 3 rings (SSSR count). The topological polar surface area (TPSA) is 58.1 Å². The number of rotatable bonds is 4. The molecule has 0 radical (unpaired) electrons. The molecule has 0 aliphatic carbocycles. The SMILES string of the molecule is O=C1CCCN1c1ccc(NCc2cncnc2)cc1. The second-order valence-corrected chi connectivity index (χ2v) is 4.80. The Morgan fingerprint density at radius 2 is 1.90 bits per heavy atom. The van der Waals surface area contributed by atoms with Crippen LogP contribution < -0.4 is 10.2 Å². The molecule has 5 nitrogen and oxygen atoms in total. The summed E-state index contributed by atoms with van der Waals surface area (Å²) < 4.78 is 0. The van der Waals surface area contributed by atoms with Gasteiger partial charge in [-0.2, -0.15) is 0 Å². The molecule has 20 heavy (non-hydrogen) atoms. The maximum Gasteiger partial charge on any atom is 0.227 e. The van der Waals surface area contributed by atoms with Gasteiger partial charge in [0.2, 0.25) is 5.91 Å². The molecule has 1 amide bonds. The molecule has 102 valence electrons. The lowest BCUT2D eigenvalue weighted by molar-refractivity contribution is -0.117. The predicted octanol–water partition coefficient (Wildman–Crippen LogP) is 2.22. The number of aromatic nitrogens is 2. The molecular formula is C15H16N4O. The standard InChI is InChI=1S/C15H16N4O/c20-15-2-1-7-19(15)14-5-3-13(4-6-14)18-10-12-8-16-11-17-9-12/h3-6,8-9,11,18H,1-2,7,10H2. The molecule has 1 aliphatic rings. The van der Waals surface area contributed by atoms with Crippen molar-refractivity contribution in [1.82, 2.24) is 9.97 Å². The molecule has 2 aromatic rings. The predicted molar refractivity (Wildman–Crippen MR) is 77.4 cm³/mol. The van der Waals surface area contributed by atoms with Crippen molar-refractivity contribution >= 4 is 17.3 Å². The molecule has 1 fully saturated rings. The smallest absolute Gasteiger partial charge is 0.227 e. The van der Waals surface area contributed by atoms with Crippen LogP contribution in [0.15, 0.2) is 43.0 Å². The normalized spacial score (nSPS) is 14.6. The first-order valence-corrected chi connectivity index (χ1v) is 6.71. The number of benzene rings is 1. The minimum absolute atomic E-state index is 0.215. The van der Waals surface area contributed by atoms with E-state index in [1.807, 2.05) is 29.2 Å². The molecule has 2 heterocycles. The Hall–Kier alpha value is -2.43. The van der Waals surface area contributed by atoms with E-state index in [1.165, 1.54) is 6.33 Å². The van der Waals surface area contributed by atoms with Crippen LogP contribution in [0.4, 0.5) is 11.4 Å². The first kappa shape index (κ1) is 12.6. The first-order chi connectivity index (χ1) is 9.83. The summed E-state index contributed by atoms with van der Waals surface area (Å²) in [5.41, 5.74) is 3.02. The van der Waals surface area contributed by atoms with Crippen LogP contribution >= 0.6 is 0 Å². The van der Waals surface area contributed by atoms with Crippen molar-refractivity contribution in [1.29, 1.82) is 0 Å². The number of hydrogen-bond acceptors (Lipinski definition) is 4. The molecule has 1 N–H and O–H groups in total. The number of nitrogens with zero attached hydrogens (tertiary/aromatic N) is 3. The van der Waals surface area contributed by atoms with Crippen LogP contribution in [0.2, 0.25) is 0 Å². The summed E-state index contributed by atoms with van der Waals surface area (Å²) in [5.74, 6) is 0.215. The molecule has 0 spiro atoms. The number of hydrogen-bond donors (Lipinski definition) is 1. The Labute approximate surface area is 117 Å². The van der Waals surface area contributed by atoms with Gasteiger partial charge in [0, 0.05) is 48.8 Å². The van der Waals surface area contributed by atoms with Gasteiger partial charge in [-0.25, -0.2) is 9.97 Å². The quantitative estimate of drug-likeness (QED) is 0.923. The molecule has 1 aromatic heterocycles. The zero-order chi connectivity index (χ0) is 13.8. The van der Waals surface area contributed by atoms with Crippen molar-refractivity contribution in [3.8, 4) is 0 Å². The maximum atomic E-state index is 11.7. The zero-order valence-corrected chi connectivity index (χ0v) is 11.1. The number of anilines is 2. The van der Waals surface area contributed by atoms with Crippen molar-refractivity contribution in [3.05, 3.63) is 48.5 Å². The van der Waals surface area contributed by atoms with Gasteiger partial charge in [0.1, 0.15) is 6.33 Å². The largest absolute Gasteiger partial charge is 0.381 e. The summed E-state index contributed by atoms with van der Waals surface area (Å²) in [6.45, 7) is 1.51. The van der Waals surface area contributed by atoms with E-state index in [0.29, 0.717) is 13.0 Å². The molecule has 0 unspecified atom stereocenters. The zero-order valence-electron chi connectivity index (χ0n) is 11.1. The summed E-state index contributed by atoms with van der Waals surface area (Å²) in [6, 6.07) is 7.94. The van der Waals surface area contributed by atoms with Crippen LogP contribution in [0.1, 0.15) is 18.4 Å². The lowest BCUT2D eigenvalue weighted by Gasteiger charge is -2.16. The van der Waals surface area contributed by atoms with Crippen LogP contribution in [0.25, 0.3) is 0 Å². The summed E-state index contributed by atoms with van der Waals surface area (Å²) in [7, 11) is 0. The van der Waals surface area contributed by atoms with Gasteiger partial charge in [-0.1, -0.05) is 0 Å². The second kappa shape index (κ2) is 5.69. The molecule has 0 atom stereocenters. The van der Waals surface area contributed by atoms with Crippen LogP contribution in [0, 0.1) is 0 Å². The number of nitrogens with one attached hydrogen (secondary N) is 1. The highest BCUT2D eigenvalue weighted by atomic mass is 16.2. The number of carbonyl (C=O) groups excluding carboxylic acids is 1. The summed E-state index contributed by atoms with van der Waals surface area (Å²) >= 11 is 0. The van der Waals surface area contributed by atoms with Crippen LogP contribution in [0.3, 0.4) is 0 Å². The first-order valence-electron chi connectivity index (χ1n) is 6.71. The molecule has 1 aromatic carbocycles. The van der Waals surface area contributed by atoms with Crippen LogP contribution in [-0.2, 0) is 11.3 Å². The lowest BCUT2D eigenvalue weighted by atomic mass is 10.2. The lowest BCUT2D eigenvalue weighted by Crippen LogP contribution is -2.23. The van der Waals surface area contributed by atoms with Gasteiger partial charge in [0.15, 0.2) is 0 Å². The van der Waals surface area contributed by atoms with Gasteiger partial charge in [-0.05, 0) is 30.7 Å². The summed E-state index contributed by atoms with van der Waals surface area (Å²) in [4.78, 5) is 21.5. The molecule has 0 bridgehead atoms. The minimum atomic E-state index is 0.215. The van der Waals surface area contributed by atoms with Crippen molar-refractivity contribution in [3.63, 3.8) is 0 Å². The van der Waals surface area contributed by atoms with Gasteiger partial charge < -0.3 is 10.2 Å². The average molecular weight is 268 g/mol. The van der Waals surface area contributed by atoms with E-state index in [2.05, 4.69) is 15.3 Å². The van der Waals surface area contributed by atoms with Crippen molar-refractivity contribution in [2.45, 2.75) is 19.4 Å². The number of carbonyl (C=O) groups is 1. The van der Waals surface area contributed by atoms with E-state index in [0.717, 1.165) is 29.9 Å². The fraction of sp³-hybridized carbons (Fsp3) is 0.267. The van der Waals surface area contributed by atoms with Gasteiger partial charge in [0.25, 0.3) is 0 Å². The Balaban J connectivity index is 1.63. The molecule has 1 aliphatic heterocycles. The molecular weight excluding hydrogens is 252 g/mol. The van der Waals surface area contributed by atoms with Crippen molar-refractivity contribution < 1.29 is 4.79 Å². The van der Waals surface area contributed by atoms with Gasteiger partial charge in [0.05, 0.1) is 0 Å². The minimum Gasteiger partial charge on any atom is -0.381 e. The van der Waals surface area contributed by atoms with Gasteiger partial charge in [-0.3, -0.25) is 4.79 Å². The third-order valence-electron chi connectivity index (χ3n) is 3.36. The van der Waals surface area contributed by atoms with E-state index in [9.17, 15) is 4.79 Å². The highest BCUT2D eigenvalue weighted by Gasteiger charge is 2.21. The van der Waals surface area contributed by atoms with Crippen molar-refractivity contribution in [2.24, 2.45) is 0 Å². The molecule has 1 saturated heterocycles. The third kappa shape index (κ3) is 2.77. The Morgan fingerprint density at radius 1 is 1.15 bits per heavy atom. The third-order valence-corrected chi connectivity index (χ3v) is 3.36. The summed E-state index contributed by atoms with van der Waals surface area (Å²) in [5, 5.41) is 3.31. The monoisotopic (exact) mass is 268 g/mol. The Kier molecular flexibility index (Phi) is 3.58. The summed E-state index contributed by atoms with van der Waals surface area (Å²) in [6.07, 6.45) is 6.71. The van der Waals surface area contributed by atoms with E-state index in [1.54, 1.807) is 12.4 Å². The van der Waals surface area contributed by atoms with Crippen molar-refractivity contribution in [2.75, 3.05) is 16.8 Å². The Bertz CT molecular complexity index is 583. The van der Waals surface area contributed by atoms with Gasteiger partial charge >= 0.3 is 0 Å². The fourth-order valence-corrected chi connectivity index (χ4v) is 2.31. The molecule has 0 saturated carbocycles. The van der Waals surface area contributed by atoms with Gasteiger partial charge in [-0.15, -0.1) is 0 Å². The second-order valence-electron chi connectivity index (χ2n) is 4.80. The fourth-order valence-electron chi connectivity index (χ4n) is 2.31. The number of amides is 1. The van der Waals surface area contributed by atoms with E-state index < -0.39 is 0 Å². The van der Waals surface area contributed by atoms with E-state index in [4.69, 9.17) is 0 Å². The highest BCUT2D eigenvalue weighted by Crippen LogP contribution is 2.23. The molecule has 5 heteroatoms. The highest BCUT2D eigenvalue weighted by molar-refractivity contribution is 5.95. The maximum absolute atomic E-state index is 11.7. The average Bonchev–Trinajstić information content (AvgIpc) is 2.93. The Morgan fingerprint density at radius 3 is 2.55 bits per heavy atom. The van der Waals surface area contributed by atoms with Crippen LogP contribution in [-0.4, -0.2) is 22.4 Å².